The lowest BCUT2D eigenvalue weighted by molar-refractivity contribution is 0.0954. The molecule has 0 aromatic carbocycles. The quantitative estimate of drug-likeness (QED) is 0.873. The summed E-state index contributed by atoms with van der Waals surface area (Å²) in [5, 5.41) is 8.03. The minimum absolute atomic E-state index is 0.00421. The van der Waals surface area contributed by atoms with Crippen molar-refractivity contribution in [3.63, 3.8) is 0 Å². The number of rotatable bonds is 5. The number of likely N-dealkylation sites (N-methyl/N-ethyl adjacent to an activating group) is 1. The highest BCUT2D eigenvalue weighted by molar-refractivity contribution is 9.10. The third-order valence-corrected chi connectivity index (χ3v) is 3.60. The summed E-state index contributed by atoms with van der Waals surface area (Å²) in [6.45, 7) is 5.67. The van der Waals surface area contributed by atoms with Gasteiger partial charge in [0.1, 0.15) is 0 Å². The fraction of sp³-hybridized carbons (Fsp3) is 0.500. The van der Waals surface area contributed by atoms with Crippen molar-refractivity contribution in [2.45, 2.75) is 19.9 Å². The van der Waals surface area contributed by atoms with Gasteiger partial charge in [0.25, 0.3) is 5.91 Å². The molecule has 1 rings (SSSR count). The summed E-state index contributed by atoms with van der Waals surface area (Å²) < 4.78 is 0.956. The van der Waals surface area contributed by atoms with Crippen LogP contribution >= 0.6 is 27.3 Å². The Kier molecular flexibility index (Phi) is 5.28. The highest BCUT2D eigenvalue weighted by atomic mass is 79.9. The molecular weight excluding hydrogens is 276 g/mol. The van der Waals surface area contributed by atoms with Crippen LogP contribution in [0, 0.1) is 0 Å². The average molecular weight is 291 g/mol. The number of nitrogens with one attached hydrogen (secondary N) is 2. The molecule has 0 bridgehead atoms. The third kappa shape index (κ3) is 4.32. The molecule has 1 aromatic heterocycles. The SMILES string of the molecule is CCN[C@H](C)CNC(=O)c1cc(Br)cs1. The number of carbonyl (C=O) groups is 1. The van der Waals surface area contributed by atoms with E-state index in [0.29, 0.717) is 12.6 Å². The van der Waals surface area contributed by atoms with Crippen molar-refractivity contribution in [3.05, 3.63) is 20.8 Å². The molecule has 0 aliphatic carbocycles. The van der Waals surface area contributed by atoms with Crippen molar-refractivity contribution >= 4 is 33.2 Å². The molecule has 0 unspecified atom stereocenters. The molecule has 84 valence electrons. The number of halogens is 1. The van der Waals surface area contributed by atoms with Gasteiger partial charge in [0.05, 0.1) is 4.88 Å². The highest BCUT2D eigenvalue weighted by Gasteiger charge is 2.08. The van der Waals surface area contributed by atoms with Crippen LogP contribution in [0.4, 0.5) is 0 Å². The third-order valence-electron chi connectivity index (χ3n) is 1.91. The molecule has 0 aliphatic heterocycles. The van der Waals surface area contributed by atoms with E-state index in [0.717, 1.165) is 15.9 Å². The van der Waals surface area contributed by atoms with Crippen molar-refractivity contribution in [3.8, 4) is 0 Å². The lowest BCUT2D eigenvalue weighted by Gasteiger charge is -2.12. The monoisotopic (exact) mass is 290 g/mol. The van der Waals surface area contributed by atoms with Gasteiger partial charge in [0, 0.05) is 22.4 Å². The highest BCUT2D eigenvalue weighted by Crippen LogP contribution is 2.19. The number of thiophene rings is 1. The van der Waals surface area contributed by atoms with E-state index in [1.807, 2.05) is 18.4 Å². The zero-order valence-corrected chi connectivity index (χ0v) is 11.2. The summed E-state index contributed by atoms with van der Waals surface area (Å²) in [6, 6.07) is 2.14. The molecule has 0 fully saturated rings. The average Bonchev–Trinajstić information content (AvgIpc) is 2.62. The van der Waals surface area contributed by atoms with Crippen LogP contribution in [-0.4, -0.2) is 25.0 Å². The summed E-state index contributed by atoms with van der Waals surface area (Å²) >= 11 is 4.77. The van der Waals surface area contributed by atoms with Gasteiger partial charge in [0.15, 0.2) is 0 Å². The zero-order chi connectivity index (χ0) is 11.3. The topological polar surface area (TPSA) is 41.1 Å². The zero-order valence-electron chi connectivity index (χ0n) is 8.84. The predicted molar refractivity (Wildman–Crippen MR) is 67.5 cm³/mol. The van der Waals surface area contributed by atoms with Crippen LogP contribution in [0.1, 0.15) is 23.5 Å². The van der Waals surface area contributed by atoms with Crippen LogP contribution in [0.25, 0.3) is 0 Å². The molecule has 1 amide bonds. The van der Waals surface area contributed by atoms with E-state index in [1.54, 1.807) is 0 Å². The molecule has 0 saturated carbocycles. The largest absolute Gasteiger partial charge is 0.350 e. The van der Waals surface area contributed by atoms with Gasteiger partial charge in [-0.15, -0.1) is 11.3 Å². The molecule has 2 N–H and O–H groups in total. The molecule has 1 atom stereocenters. The smallest absolute Gasteiger partial charge is 0.261 e. The van der Waals surface area contributed by atoms with E-state index in [1.165, 1.54) is 11.3 Å². The Labute approximate surface area is 102 Å². The molecule has 15 heavy (non-hydrogen) atoms. The predicted octanol–water partition coefficient (Wildman–Crippen LogP) is 2.24. The van der Waals surface area contributed by atoms with Crippen molar-refractivity contribution in [1.82, 2.24) is 10.6 Å². The second-order valence-electron chi connectivity index (χ2n) is 3.30. The fourth-order valence-corrected chi connectivity index (χ4v) is 2.53. The number of carbonyl (C=O) groups excluding carboxylic acids is 1. The first-order valence-corrected chi connectivity index (χ1v) is 6.56. The van der Waals surface area contributed by atoms with Gasteiger partial charge in [-0.05, 0) is 35.5 Å². The van der Waals surface area contributed by atoms with Crippen LogP contribution in [0.15, 0.2) is 15.9 Å². The summed E-state index contributed by atoms with van der Waals surface area (Å²) in [6.07, 6.45) is 0. The molecule has 0 aliphatic rings. The second-order valence-corrected chi connectivity index (χ2v) is 5.12. The Bertz CT molecular complexity index is 327. The Morgan fingerprint density at radius 1 is 1.67 bits per heavy atom. The number of hydrogen-bond acceptors (Lipinski definition) is 3. The standard InChI is InChI=1S/C10H15BrN2OS/c1-3-12-7(2)5-13-10(14)9-4-8(11)6-15-9/h4,6-7,12H,3,5H2,1-2H3,(H,13,14)/t7-/m1/s1. The summed E-state index contributed by atoms with van der Waals surface area (Å²) in [4.78, 5) is 12.4. The Morgan fingerprint density at radius 3 is 2.93 bits per heavy atom. The maximum absolute atomic E-state index is 11.6. The minimum Gasteiger partial charge on any atom is -0.350 e. The van der Waals surface area contributed by atoms with Crippen LogP contribution in [0.2, 0.25) is 0 Å². The van der Waals surface area contributed by atoms with E-state index < -0.39 is 0 Å². The van der Waals surface area contributed by atoms with E-state index >= 15 is 0 Å². The van der Waals surface area contributed by atoms with Gasteiger partial charge >= 0.3 is 0 Å². The fourth-order valence-electron chi connectivity index (χ4n) is 1.19. The van der Waals surface area contributed by atoms with Crippen LogP contribution in [-0.2, 0) is 0 Å². The molecule has 0 radical (unpaired) electrons. The van der Waals surface area contributed by atoms with Crippen LogP contribution in [0.3, 0.4) is 0 Å². The first-order chi connectivity index (χ1) is 7.13. The first kappa shape index (κ1) is 12.7. The maximum atomic E-state index is 11.6. The Balaban J connectivity index is 2.36. The van der Waals surface area contributed by atoms with Gasteiger partial charge in [-0.1, -0.05) is 6.92 Å². The normalized spacial score (nSPS) is 12.5. The van der Waals surface area contributed by atoms with Crippen molar-refractivity contribution in [2.75, 3.05) is 13.1 Å². The summed E-state index contributed by atoms with van der Waals surface area (Å²) in [5.41, 5.74) is 0. The Morgan fingerprint density at radius 2 is 2.40 bits per heavy atom. The first-order valence-electron chi connectivity index (χ1n) is 4.89. The van der Waals surface area contributed by atoms with Gasteiger partial charge in [-0.25, -0.2) is 0 Å². The molecule has 0 spiro atoms. The van der Waals surface area contributed by atoms with Crippen molar-refractivity contribution in [2.24, 2.45) is 0 Å². The lowest BCUT2D eigenvalue weighted by atomic mass is 10.3. The molecule has 1 heterocycles. The van der Waals surface area contributed by atoms with Gasteiger partial charge in [0.2, 0.25) is 0 Å². The van der Waals surface area contributed by atoms with Gasteiger partial charge in [-0.2, -0.15) is 0 Å². The van der Waals surface area contributed by atoms with Gasteiger partial charge in [-0.3, -0.25) is 4.79 Å². The van der Waals surface area contributed by atoms with Crippen LogP contribution < -0.4 is 10.6 Å². The number of hydrogen-bond donors (Lipinski definition) is 2. The lowest BCUT2D eigenvalue weighted by Crippen LogP contribution is -2.38. The van der Waals surface area contributed by atoms with E-state index in [-0.39, 0.29) is 5.91 Å². The van der Waals surface area contributed by atoms with Gasteiger partial charge < -0.3 is 10.6 Å². The maximum Gasteiger partial charge on any atom is 0.261 e. The molecule has 1 aromatic rings. The number of amides is 1. The molecular formula is C10H15BrN2OS. The van der Waals surface area contributed by atoms with E-state index in [4.69, 9.17) is 0 Å². The summed E-state index contributed by atoms with van der Waals surface area (Å²) in [7, 11) is 0. The molecule has 0 saturated heterocycles. The van der Waals surface area contributed by atoms with Crippen molar-refractivity contribution in [1.29, 1.82) is 0 Å². The second kappa shape index (κ2) is 6.25. The molecule has 3 nitrogen and oxygen atoms in total. The van der Waals surface area contributed by atoms with Crippen LogP contribution in [0.5, 0.6) is 0 Å². The minimum atomic E-state index is -0.00421. The Hall–Kier alpha value is -0.390. The molecule has 5 heteroatoms. The summed E-state index contributed by atoms with van der Waals surface area (Å²) in [5.74, 6) is -0.00421. The van der Waals surface area contributed by atoms with Crippen molar-refractivity contribution < 1.29 is 4.79 Å². The van der Waals surface area contributed by atoms with E-state index in [9.17, 15) is 4.79 Å². The van der Waals surface area contributed by atoms with E-state index in [2.05, 4.69) is 33.5 Å².